The second-order valence-corrected chi connectivity index (χ2v) is 7.90. The van der Waals surface area contributed by atoms with Crippen molar-refractivity contribution in [3.63, 3.8) is 0 Å². The molecule has 2 N–H and O–H groups in total. The predicted molar refractivity (Wildman–Crippen MR) is 105 cm³/mol. The van der Waals surface area contributed by atoms with Crippen LogP contribution in [0.5, 0.6) is 5.75 Å². The van der Waals surface area contributed by atoms with E-state index in [4.69, 9.17) is 4.74 Å². The number of carbonyl (C=O) groups is 1. The van der Waals surface area contributed by atoms with Gasteiger partial charge in [-0.2, -0.15) is 0 Å². The summed E-state index contributed by atoms with van der Waals surface area (Å²) < 4.78 is 5.59. The Kier molecular flexibility index (Phi) is 5.22. The van der Waals surface area contributed by atoms with Crippen molar-refractivity contribution < 1.29 is 14.6 Å². The van der Waals surface area contributed by atoms with Gasteiger partial charge in [0.25, 0.3) is 5.91 Å². The smallest absolute Gasteiger partial charge is 0.270 e. The molecule has 2 heterocycles. The minimum atomic E-state index is -0.627. The van der Waals surface area contributed by atoms with Gasteiger partial charge in [0.05, 0.1) is 5.60 Å². The molecule has 2 atom stereocenters. The van der Waals surface area contributed by atoms with E-state index in [2.05, 4.69) is 4.98 Å². The number of nitrogens with one attached hydrogen (secondary N) is 1. The first-order chi connectivity index (χ1) is 13.5. The zero-order chi connectivity index (χ0) is 19.6. The van der Waals surface area contributed by atoms with Crippen LogP contribution in [0.2, 0.25) is 0 Å². The number of benzene rings is 1. The van der Waals surface area contributed by atoms with E-state index < -0.39 is 5.60 Å². The highest BCUT2D eigenvalue weighted by Crippen LogP contribution is 2.39. The lowest BCUT2D eigenvalue weighted by atomic mass is 9.71. The van der Waals surface area contributed by atoms with Crippen molar-refractivity contribution in [1.29, 1.82) is 0 Å². The van der Waals surface area contributed by atoms with Gasteiger partial charge in [0.15, 0.2) is 5.75 Å². The van der Waals surface area contributed by atoms with E-state index in [1.54, 1.807) is 4.90 Å². The van der Waals surface area contributed by atoms with Crippen LogP contribution in [-0.2, 0) is 6.61 Å². The highest BCUT2D eigenvalue weighted by atomic mass is 16.5. The third-order valence-electron chi connectivity index (χ3n) is 6.06. The number of aromatic amines is 1. The SMILES string of the molecule is O=C(c1cc(=O)c(OCc2ccccc2)c[nH]1)N1CC[C@@]2(O)CCCC[C@H]2C1. The summed E-state index contributed by atoms with van der Waals surface area (Å²) in [7, 11) is 0. The van der Waals surface area contributed by atoms with Crippen LogP contribution < -0.4 is 10.2 Å². The molecule has 28 heavy (non-hydrogen) atoms. The van der Waals surface area contributed by atoms with E-state index in [-0.39, 0.29) is 28.7 Å². The third-order valence-corrected chi connectivity index (χ3v) is 6.06. The molecule has 0 bridgehead atoms. The predicted octanol–water partition coefficient (Wildman–Crippen LogP) is 2.72. The molecule has 2 aliphatic rings. The summed E-state index contributed by atoms with van der Waals surface area (Å²) >= 11 is 0. The van der Waals surface area contributed by atoms with Gasteiger partial charge < -0.3 is 19.7 Å². The molecule has 1 aliphatic heterocycles. The normalized spacial score (nSPS) is 24.5. The maximum absolute atomic E-state index is 12.9. The lowest BCUT2D eigenvalue weighted by Gasteiger charge is -2.47. The fourth-order valence-electron chi connectivity index (χ4n) is 4.36. The van der Waals surface area contributed by atoms with Gasteiger partial charge >= 0.3 is 0 Å². The molecule has 1 aliphatic carbocycles. The summed E-state index contributed by atoms with van der Waals surface area (Å²) in [6, 6.07) is 10.9. The summed E-state index contributed by atoms with van der Waals surface area (Å²) in [5.41, 5.74) is 0.287. The van der Waals surface area contributed by atoms with Gasteiger partial charge in [-0.3, -0.25) is 9.59 Å². The number of carbonyl (C=O) groups excluding carboxylic acids is 1. The molecule has 2 aromatic rings. The van der Waals surface area contributed by atoms with Gasteiger partial charge in [-0.05, 0) is 24.8 Å². The van der Waals surface area contributed by atoms with Crippen molar-refractivity contribution in [3.8, 4) is 5.75 Å². The number of pyridine rings is 1. The van der Waals surface area contributed by atoms with Crippen LogP contribution >= 0.6 is 0 Å². The fraction of sp³-hybridized carbons (Fsp3) is 0.455. The average molecular weight is 382 g/mol. The Bertz CT molecular complexity index is 895. The summed E-state index contributed by atoms with van der Waals surface area (Å²) in [5, 5.41) is 10.8. The zero-order valence-electron chi connectivity index (χ0n) is 15.9. The van der Waals surface area contributed by atoms with Gasteiger partial charge in [0, 0.05) is 31.3 Å². The Labute approximate surface area is 164 Å². The molecule has 1 aromatic heterocycles. The molecular formula is C22H26N2O4. The summed E-state index contributed by atoms with van der Waals surface area (Å²) in [5.74, 6) is 0.124. The molecule has 0 unspecified atom stereocenters. The maximum atomic E-state index is 12.9. The molecule has 0 radical (unpaired) electrons. The van der Waals surface area contributed by atoms with Gasteiger partial charge in [0.2, 0.25) is 5.43 Å². The van der Waals surface area contributed by atoms with Crippen LogP contribution in [0.4, 0.5) is 0 Å². The minimum Gasteiger partial charge on any atom is -0.483 e. The zero-order valence-corrected chi connectivity index (χ0v) is 15.9. The molecule has 1 saturated carbocycles. The number of fused-ring (bicyclic) bond motifs is 1. The van der Waals surface area contributed by atoms with Crippen LogP contribution in [0.25, 0.3) is 0 Å². The number of hydrogen-bond acceptors (Lipinski definition) is 4. The molecule has 1 amide bonds. The summed E-state index contributed by atoms with van der Waals surface area (Å²) in [6.07, 6.45) is 5.98. The molecular weight excluding hydrogens is 356 g/mol. The van der Waals surface area contributed by atoms with Crippen LogP contribution in [0.15, 0.2) is 47.4 Å². The molecule has 2 fully saturated rings. The van der Waals surface area contributed by atoms with E-state index >= 15 is 0 Å². The Hall–Kier alpha value is -2.60. The number of rotatable bonds is 4. The molecule has 148 valence electrons. The van der Waals surface area contributed by atoms with E-state index in [9.17, 15) is 14.7 Å². The lowest BCUT2D eigenvalue weighted by molar-refractivity contribution is -0.0886. The number of nitrogens with zero attached hydrogens (tertiary/aromatic N) is 1. The first-order valence-corrected chi connectivity index (χ1v) is 9.96. The largest absolute Gasteiger partial charge is 0.483 e. The number of ether oxygens (including phenoxy) is 1. The highest BCUT2D eigenvalue weighted by molar-refractivity contribution is 5.92. The number of likely N-dealkylation sites (tertiary alicyclic amines) is 1. The Morgan fingerprint density at radius 1 is 1.25 bits per heavy atom. The molecule has 6 nitrogen and oxygen atoms in total. The average Bonchev–Trinajstić information content (AvgIpc) is 2.72. The second kappa shape index (κ2) is 7.80. The maximum Gasteiger partial charge on any atom is 0.270 e. The summed E-state index contributed by atoms with van der Waals surface area (Å²) in [6.45, 7) is 1.35. The molecule has 1 aromatic carbocycles. The number of hydrogen-bond donors (Lipinski definition) is 2. The number of H-pyrrole nitrogens is 1. The van der Waals surface area contributed by atoms with Gasteiger partial charge in [-0.25, -0.2) is 0 Å². The number of aromatic nitrogens is 1. The van der Waals surface area contributed by atoms with Crippen molar-refractivity contribution in [2.45, 2.75) is 44.3 Å². The Morgan fingerprint density at radius 3 is 2.86 bits per heavy atom. The Balaban J connectivity index is 1.42. The van der Waals surface area contributed by atoms with Crippen LogP contribution in [0, 0.1) is 5.92 Å². The summed E-state index contributed by atoms with van der Waals surface area (Å²) in [4.78, 5) is 29.9. The van der Waals surface area contributed by atoms with Crippen molar-refractivity contribution >= 4 is 5.91 Å². The van der Waals surface area contributed by atoms with Gasteiger partial charge in [0.1, 0.15) is 12.3 Å². The topological polar surface area (TPSA) is 82.6 Å². The lowest BCUT2D eigenvalue weighted by Crippen LogP contribution is -2.54. The molecule has 0 spiro atoms. The molecule has 6 heteroatoms. The molecule has 1 saturated heterocycles. The van der Waals surface area contributed by atoms with Crippen molar-refractivity contribution in [2.75, 3.05) is 13.1 Å². The van der Waals surface area contributed by atoms with Crippen molar-refractivity contribution in [1.82, 2.24) is 9.88 Å². The van der Waals surface area contributed by atoms with Crippen molar-refractivity contribution in [3.05, 3.63) is 64.1 Å². The van der Waals surface area contributed by atoms with Crippen molar-refractivity contribution in [2.24, 2.45) is 5.92 Å². The fourth-order valence-corrected chi connectivity index (χ4v) is 4.36. The number of aliphatic hydroxyl groups is 1. The third kappa shape index (κ3) is 3.83. The highest BCUT2D eigenvalue weighted by Gasteiger charge is 2.43. The van der Waals surface area contributed by atoms with E-state index in [1.807, 2.05) is 30.3 Å². The van der Waals surface area contributed by atoms with E-state index in [0.29, 0.717) is 26.1 Å². The minimum absolute atomic E-state index is 0.124. The van der Waals surface area contributed by atoms with Crippen LogP contribution in [0.3, 0.4) is 0 Å². The first-order valence-electron chi connectivity index (χ1n) is 9.96. The van der Waals surface area contributed by atoms with Gasteiger partial charge in [-0.15, -0.1) is 0 Å². The van der Waals surface area contributed by atoms with Crippen LogP contribution in [-0.4, -0.2) is 39.6 Å². The van der Waals surface area contributed by atoms with E-state index in [1.165, 1.54) is 12.3 Å². The first kappa shape index (κ1) is 18.7. The number of amides is 1. The number of piperidine rings is 1. The van der Waals surface area contributed by atoms with E-state index in [0.717, 1.165) is 31.2 Å². The van der Waals surface area contributed by atoms with Gasteiger partial charge in [-0.1, -0.05) is 43.2 Å². The monoisotopic (exact) mass is 382 g/mol. The van der Waals surface area contributed by atoms with Crippen LogP contribution in [0.1, 0.15) is 48.2 Å². The Morgan fingerprint density at radius 2 is 2.07 bits per heavy atom. The quantitative estimate of drug-likeness (QED) is 0.852. The second-order valence-electron chi connectivity index (χ2n) is 7.90. The molecule has 4 rings (SSSR count). The standard InChI is InChI=1S/C22H26N2O4/c25-19-12-18(23-13-20(19)28-15-16-6-2-1-3-7-16)21(26)24-11-10-22(27)9-5-4-8-17(22)14-24/h1-3,6-7,12-13,17,27H,4-5,8-11,14-15H2,(H,23,25)/t17-,22-/m0/s1.